The highest BCUT2D eigenvalue weighted by Gasteiger charge is 2.46. The maximum absolute atomic E-state index is 12.3. The van der Waals surface area contributed by atoms with E-state index in [9.17, 15) is 14.4 Å². The van der Waals surface area contributed by atoms with E-state index in [1.54, 1.807) is 32.0 Å². The molecule has 0 unspecified atom stereocenters. The first kappa shape index (κ1) is 17.6. The molecule has 0 aromatic heterocycles. The number of nitrogens with zero attached hydrogens (tertiary/aromatic N) is 1. The van der Waals surface area contributed by atoms with Crippen LogP contribution in [0, 0.1) is 0 Å². The molecule has 4 amide bonds. The summed E-state index contributed by atoms with van der Waals surface area (Å²) < 4.78 is 10.3. The zero-order chi connectivity index (χ0) is 17.9. The van der Waals surface area contributed by atoms with Crippen molar-refractivity contribution >= 4 is 23.5 Å². The van der Waals surface area contributed by atoms with Crippen molar-refractivity contribution in [2.75, 3.05) is 26.1 Å². The van der Waals surface area contributed by atoms with Crippen LogP contribution in [-0.2, 0) is 9.59 Å². The summed E-state index contributed by atoms with van der Waals surface area (Å²) in [4.78, 5) is 37.3. The Morgan fingerprint density at radius 1 is 1.29 bits per heavy atom. The van der Waals surface area contributed by atoms with E-state index < -0.39 is 23.4 Å². The van der Waals surface area contributed by atoms with Crippen LogP contribution in [0.4, 0.5) is 10.5 Å². The molecule has 1 fully saturated rings. The standard InChI is InChI=1S/C16H21N3O5/c1-5-16(2)14(21)19(15(22)18-16)9-13(20)17-11-7-6-10(23-3)8-12(11)24-4/h6-8H,5,9H2,1-4H3,(H,17,20)(H,18,22)/t16-/m1/s1. The molecule has 0 radical (unpaired) electrons. The second-order valence-corrected chi connectivity index (χ2v) is 5.62. The number of carbonyl (C=O) groups excluding carboxylic acids is 3. The molecule has 2 N–H and O–H groups in total. The molecular formula is C16H21N3O5. The molecule has 130 valence electrons. The van der Waals surface area contributed by atoms with Crippen molar-refractivity contribution in [3.8, 4) is 11.5 Å². The molecule has 0 aliphatic carbocycles. The fourth-order valence-electron chi connectivity index (χ4n) is 2.37. The zero-order valence-corrected chi connectivity index (χ0v) is 14.1. The van der Waals surface area contributed by atoms with E-state index in [0.29, 0.717) is 23.6 Å². The highest BCUT2D eigenvalue weighted by atomic mass is 16.5. The summed E-state index contributed by atoms with van der Waals surface area (Å²) in [6, 6.07) is 4.34. The number of amides is 4. The molecule has 1 atom stereocenters. The van der Waals surface area contributed by atoms with Crippen molar-refractivity contribution in [3.63, 3.8) is 0 Å². The van der Waals surface area contributed by atoms with E-state index in [1.165, 1.54) is 14.2 Å². The van der Waals surface area contributed by atoms with Crippen molar-refractivity contribution in [2.24, 2.45) is 0 Å². The summed E-state index contributed by atoms with van der Waals surface area (Å²) in [5.41, 5.74) is -0.538. The average Bonchev–Trinajstić information content (AvgIpc) is 2.79. The SMILES string of the molecule is CC[C@@]1(C)NC(=O)N(CC(=O)Nc2ccc(OC)cc2OC)C1=O. The fraction of sp³-hybridized carbons (Fsp3) is 0.438. The normalized spacial score (nSPS) is 19.9. The molecule has 1 saturated heterocycles. The van der Waals surface area contributed by atoms with Gasteiger partial charge in [-0.05, 0) is 25.5 Å². The molecule has 8 nitrogen and oxygen atoms in total. The number of nitrogens with one attached hydrogen (secondary N) is 2. The zero-order valence-electron chi connectivity index (χ0n) is 14.1. The van der Waals surface area contributed by atoms with Crippen LogP contribution in [0.25, 0.3) is 0 Å². The van der Waals surface area contributed by atoms with Gasteiger partial charge in [-0.2, -0.15) is 0 Å². The van der Waals surface area contributed by atoms with Gasteiger partial charge in [-0.25, -0.2) is 4.79 Å². The van der Waals surface area contributed by atoms with Crippen LogP contribution in [0.15, 0.2) is 18.2 Å². The van der Waals surface area contributed by atoms with Gasteiger partial charge in [0.15, 0.2) is 0 Å². The third-order valence-electron chi connectivity index (χ3n) is 4.04. The average molecular weight is 335 g/mol. The first-order chi connectivity index (χ1) is 11.3. The van der Waals surface area contributed by atoms with Crippen molar-refractivity contribution in [3.05, 3.63) is 18.2 Å². The van der Waals surface area contributed by atoms with E-state index >= 15 is 0 Å². The van der Waals surface area contributed by atoms with E-state index in [0.717, 1.165) is 4.90 Å². The summed E-state index contributed by atoms with van der Waals surface area (Å²) in [7, 11) is 2.99. The lowest BCUT2D eigenvalue weighted by atomic mass is 9.99. The van der Waals surface area contributed by atoms with Gasteiger partial charge in [0.1, 0.15) is 23.6 Å². The number of carbonyl (C=O) groups is 3. The summed E-state index contributed by atoms with van der Waals surface area (Å²) >= 11 is 0. The maximum Gasteiger partial charge on any atom is 0.325 e. The summed E-state index contributed by atoms with van der Waals surface area (Å²) in [6.07, 6.45) is 0.446. The molecule has 24 heavy (non-hydrogen) atoms. The predicted octanol–water partition coefficient (Wildman–Crippen LogP) is 1.36. The third kappa shape index (κ3) is 3.27. The Balaban J connectivity index is 2.09. The molecular weight excluding hydrogens is 314 g/mol. The Morgan fingerprint density at radius 3 is 2.54 bits per heavy atom. The predicted molar refractivity (Wildman–Crippen MR) is 87.1 cm³/mol. The molecule has 0 spiro atoms. The Kier molecular flexibility index (Phi) is 4.96. The Bertz CT molecular complexity index is 676. The van der Waals surface area contributed by atoms with Crippen molar-refractivity contribution < 1.29 is 23.9 Å². The minimum atomic E-state index is -0.963. The lowest BCUT2D eigenvalue weighted by Gasteiger charge is -2.19. The van der Waals surface area contributed by atoms with Crippen molar-refractivity contribution in [1.29, 1.82) is 0 Å². The number of anilines is 1. The monoisotopic (exact) mass is 335 g/mol. The van der Waals surface area contributed by atoms with E-state index in [4.69, 9.17) is 9.47 Å². The van der Waals surface area contributed by atoms with Gasteiger partial charge in [-0.1, -0.05) is 6.92 Å². The highest BCUT2D eigenvalue weighted by molar-refractivity contribution is 6.10. The summed E-state index contributed by atoms with van der Waals surface area (Å²) in [6.45, 7) is 3.07. The molecule has 1 aliphatic heterocycles. The van der Waals surface area contributed by atoms with Crippen LogP contribution < -0.4 is 20.1 Å². The molecule has 0 bridgehead atoms. The Hall–Kier alpha value is -2.77. The molecule has 1 aromatic carbocycles. The largest absolute Gasteiger partial charge is 0.497 e. The molecule has 1 aliphatic rings. The Morgan fingerprint density at radius 2 is 2.00 bits per heavy atom. The van der Waals surface area contributed by atoms with Gasteiger partial charge in [-0.15, -0.1) is 0 Å². The number of hydrogen-bond donors (Lipinski definition) is 2. The van der Waals surface area contributed by atoms with Crippen molar-refractivity contribution in [1.82, 2.24) is 10.2 Å². The lowest BCUT2D eigenvalue weighted by Crippen LogP contribution is -2.44. The van der Waals surface area contributed by atoms with Gasteiger partial charge in [0.2, 0.25) is 5.91 Å². The van der Waals surface area contributed by atoms with Gasteiger partial charge in [-0.3, -0.25) is 14.5 Å². The second kappa shape index (κ2) is 6.77. The number of urea groups is 1. The number of hydrogen-bond acceptors (Lipinski definition) is 5. The topological polar surface area (TPSA) is 97.0 Å². The molecule has 8 heteroatoms. The van der Waals surface area contributed by atoms with Crippen LogP contribution in [0.2, 0.25) is 0 Å². The third-order valence-corrected chi connectivity index (χ3v) is 4.04. The maximum atomic E-state index is 12.3. The van der Waals surface area contributed by atoms with Gasteiger partial charge in [0, 0.05) is 6.07 Å². The van der Waals surface area contributed by atoms with E-state index in [1.807, 2.05) is 0 Å². The smallest absolute Gasteiger partial charge is 0.325 e. The van der Waals surface area contributed by atoms with Crippen LogP contribution in [0.3, 0.4) is 0 Å². The Labute approximate surface area is 140 Å². The van der Waals surface area contributed by atoms with Crippen LogP contribution in [0.1, 0.15) is 20.3 Å². The minimum absolute atomic E-state index is 0.366. The lowest BCUT2D eigenvalue weighted by molar-refractivity contribution is -0.133. The fourth-order valence-corrected chi connectivity index (χ4v) is 2.37. The van der Waals surface area contributed by atoms with Gasteiger partial charge < -0.3 is 20.1 Å². The number of methoxy groups -OCH3 is 2. The number of imide groups is 1. The quantitative estimate of drug-likeness (QED) is 0.765. The molecule has 1 heterocycles. The van der Waals surface area contributed by atoms with Gasteiger partial charge in [0.05, 0.1) is 19.9 Å². The van der Waals surface area contributed by atoms with E-state index in [2.05, 4.69) is 10.6 Å². The van der Waals surface area contributed by atoms with Crippen LogP contribution in [-0.4, -0.2) is 49.0 Å². The first-order valence-electron chi connectivity index (χ1n) is 7.50. The molecule has 2 rings (SSSR count). The van der Waals surface area contributed by atoms with Crippen LogP contribution in [0.5, 0.6) is 11.5 Å². The number of rotatable bonds is 6. The molecule has 0 saturated carbocycles. The number of ether oxygens (including phenoxy) is 2. The van der Waals surface area contributed by atoms with Gasteiger partial charge >= 0.3 is 6.03 Å². The highest BCUT2D eigenvalue weighted by Crippen LogP contribution is 2.29. The minimum Gasteiger partial charge on any atom is -0.497 e. The van der Waals surface area contributed by atoms with Crippen LogP contribution >= 0.6 is 0 Å². The van der Waals surface area contributed by atoms with Gasteiger partial charge in [0.25, 0.3) is 5.91 Å². The first-order valence-corrected chi connectivity index (χ1v) is 7.50. The molecule has 1 aromatic rings. The second-order valence-electron chi connectivity index (χ2n) is 5.62. The summed E-state index contributed by atoms with van der Waals surface area (Å²) in [5, 5.41) is 5.24. The van der Waals surface area contributed by atoms with Crippen molar-refractivity contribution in [2.45, 2.75) is 25.8 Å². The summed E-state index contributed by atoms with van der Waals surface area (Å²) in [5.74, 6) is 0.0881. The number of benzene rings is 1. The van der Waals surface area contributed by atoms with E-state index in [-0.39, 0.29) is 6.54 Å².